The van der Waals surface area contributed by atoms with Crippen LogP contribution in [0.4, 0.5) is 13.2 Å². The Morgan fingerprint density at radius 1 is 1.21 bits per heavy atom. The van der Waals surface area contributed by atoms with E-state index < -0.39 is 17.8 Å². The van der Waals surface area contributed by atoms with Crippen molar-refractivity contribution in [3.63, 3.8) is 0 Å². The van der Waals surface area contributed by atoms with E-state index in [4.69, 9.17) is 9.73 Å². The normalized spacial score (nSPS) is 20.9. The number of aliphatic imine (C=N–C) groups is 1. The zero-order valence-electron chi connectivity index (χ0n) is 15.9. The molecule has 8 heteroatoms. The third-order valence-electron chi connectivity index (χ3n) is 5.42. The fraction of sp³-hybridized carbons (Fsp3) is 0.333. The highest BCUT2D eigenvalue weighted by molar-refractivity contribution is 7.15. The van der Waals surface area contributed by atoms with Crippen molar-refractivity contribution in [1.29, 1.82) is 0 Å². The number of rotatable bonds is 1. The molecule has 0 spiro atoms. The van der Waals surface area contributed by atoms with Crippen molar-refractivity contribution in [3.8, 4) is 5.00 Å². The lowest BCUT2D eigenvalue weighted by molar-refractivity contribution is 0.112. The first-order valence-corrected chi connectivity index (χ1v) is 10.2. The Hall–Kier alpha value is -2.45. The highest BCUT2D eigenvalue weighted by Gasteiger charge is 2.35. The van der Waals surface area contributed by atoms with Gasteiger partial charge in [-0.05, 0) is 26.0 Å². The first kappa shape index (κ1) is 18.6. The number of ether oxygens (including phenoxy) is 1. The maximum atomic E-state index is 14.9. The summed E-state index contributed by atoms with van der Waals surface area (Å²) in [6.07, 6.45) is 0.766. The van der Waals surface area contributed by atoms with Crippen LogP contribution in [0.5, 0.6) is 0 Å². The first-order valence-electron chi connectivity index (χ1n) is 9.42. The van der Waals surface area contributed by atoms with E-state index in [-0.39, 0.29) is 30.3 Å². The molecule has 0 radical (unpaired) electrons. The Balaban J connectivity index is 1.88. The van der Waals surface area contributed by atoms with Crippen molar-refractivity contribution < 1.29 is 17.9 Å². The SMILES string of the molecule is Cc1ncc2n1-c1sc3c(c1C(c1c(F)cccc1F)=N[C@H]2C)COCC[C@@H]3F. The average Bonchev–Trinajstić information content (AvgIpc) is 3.15. The van der Waals surface area contributed by atoms with Gasteiger partial charge in [-0.25, -0.2) is 18.2 Å². The molecule has 2 aliphatic heterocycles. The predicted molar refractivity (Wildman–Crippen MR) is 105 cm³/mol. The predicted octanol–water partition coefficient (Wildman–Crippen LogP) is 5.36. The largest absolute Gasteiger partial charge is 0.377 e. The van der Waals surface area contributed by atoms with Gasteiger partial charge in [0.2, 0.25) is 0 Å². The van der Waals surface area contributed by atoms with Gasteiger partial charge in [0.25, 0.3) is 0 Å². The average molecular weight is 417 g/mol. The molecule has 0 saturated carbocycles. The van der Waals surface area contributed by atoms with Gasteiger partial charge in [0.1, 0.15) is 28.6 Å². The van der Waals surface area contributed by atoms with Crippen LogP contribution in [0.25, 0.3) is 5.00 Å². The monoisotopic (exact) mass is 417 g/mol. The molecule has 4 heterocycles. The molecule has 0 N–H and O–H groups in total. The molecule has 2 aliphatic rings. The summed E-state index contributed by atoms with van der Waals surface area (Å²) < 4.78 is 52.0. The number of hydrogen-bond acceptors (Lipinski definition) is 4. The Labute approximate surface area is 169 Å². The Morgan fingerprint density at radius 2 is 1.97 bits per heavy atom. The number of hydrogen-bond donors (Lipinski definition) is 0. The summed E-state index contributed by atoms with van der Waals surface area (Å²) in [6.45, 7) is 4.18. The minimum atomic E-state index is -1.19. The van der Waals surface area contributed by atoms with E-state index in [1.54, 1.807) is 6.20 Å². The lowest BCUT2D eigenvalue weighted by Gasteiger charge is -2.12. The quantitative estimate of drug-likeness (QED) is 0.535. The first-order chi connectivity index (χ1) is 14.0. The third-order valence-corrected chi connectivity index (χ3v) is 6.72. The molecule has 29 heavy (non-hydrogen) atoms. The molecule has 0 bridgehead atoms. The number of halogens is 3. The van der Waals surface area contributed by atoms with E-state index in [0.717, 1.165) is 5.69 Å². The second kappa shape index (κ2) is 6.81. The van der Waals surface area contributed by atoms with Gasteiger partial charge in [0, 0.05) is 22.4 Å². The molecule has 4 nitrogen and oxygen atoms in total. The van der Waals surface area contributed by atoms with E-state index >= 15 is 0 Å². The van der Waals surface area contributed by atoms with Crippen LogP contribution in [0.2, 0.25) is 0 Å². The van der Waals surface area contributed by atoms with E-state index in [2.05, 4.69) is 4.98 Å². The van der Waals surface area contributed by atoms with Gasteiger partial charge in [-0.2, -0.15) is 0 Å². The van der Waals surface area contributed by atoms with Crippen LogP contribution in [0.3, 0.4) is 0 Å². The van der Waals surface area contributed by atoms with Crippen molar-refractivity contribution in [2.24, 2.45) is 4.99 Å². The van der Waals surface area contributed by atoms with Crippen LogP contribution in [0.1, 0.15) is 58.6 Å². The molecule has 0 aliphatic carbocycles. The van der Waals surface area contributed by atoms with Crippen molar-refractivity contribution >= 4 is 17.0 Å². The molecule has 5 rings (SSSR count). The summed E-state index contributed by atoms with van der Waals surface area (Å²) in [6, 6.07) is 3.36. The zero-order chi connectivity index (χ0) is 20.3. The summed E-state index contributed by atoms with van der Waals surface area (Å²) in [5, 5.41) is 0.680. The molecule has 0 fully saturated rings. The van der Waals surface area contributed by atoms with Gasteiger partial charge in [-0.1, -0.05) is 6.07 Å². The maximum Gasteiger partial charge on any atom is 0.137 e. The van der Waals surface area contributed by atoms with E-state index in [1.165, 1.54) is 29.5 Å². The highest BCUT2D eigenvalue weighted by Crippen LogP contribution is 2.45. The molecule has 0 unspecified atom stereocenters. The minimum absolute atomic E-state index is 0.175. The third kappa shape index (κ3) is 2.77. The summed E-state index contributed by atoms with van der Waals surface area (Å²) in [5.41, 5.74) is 1.94. The minimum Gasteiger partial charge on any atom is -0.377 e. The number of imidazole rings is 1. The summed E-state index contributed by atoms with van der Waals surface area (Å²) in [4.78, 5) is 9.63. The van der Waals surface area contributed by atoms with Gasteiger partial charge in [-0.15, -0.1) is 11.3 Å². The number of fused-ring (bicyclic) bond motifs is 5. The number of alkyl halides is 1. The van der Waals surface area contributed by atoms with E-state index in [1.807, 2.05) is 18.4 Å². The Morgan fingerprint density at radius 3 is 2.72 bits per heavy atom. The molecular weight excluding hydrogens is 399 g/mol. The molecule has 1 aromatic carbocycles. The number of aromatic nitrogens is 2. The fourth-order valence-corrected chi connectivity index (χ4v) is 5.41. The van der Waals surface area contributed by atoms with Crippen LogP contribution in [0.15, 0.2) is 29.4 Å². The molecule has 0 amide bonds. The van der Waals surface area contributed by atoms with Crippen LogP contribution in [0, 0.1) is 18.6 Å². The van der Waals surface area contributed by atoms with Crippen LogP contribution >= 0.6 is 11.3 Å². The zero-order valence-corrected chi connectivity index (χ0v) is 16.7. The number of benzene rings is 1. The van der Waals surface area contributed by atoms with Crippen LogP contribution in [-0.4, -0.2) is 21.9 Å². The van der Waals surface area contributed by atoms with E-state index in [0.29, 0.717) is 33.4 Å². The second-order valence-electron chi connectivity index (χ2n) is 7.25. The summed E-state index contributed by atoms with van der Waals surface area (Å²) >= 11 is 1.29. The topological polar surface area (TPSA) is 39.4 Å². The fourth-order valence-electron chi connectivity index (χ4n) is 4.02. The van der Waals surface area contributed by atoms with Crippen molar-refractivity contribution in [2.45, 2.75) is 39.1 Å². The smallest absolute Gasteiger partial charge is 0.137 e. The number of nitrogens with zero attached hydrogens (tertiary/aromatic N) is 3. The molecule has 150 valence electrons. The van der Waals surface area contributed by atoms with Gasteiger partial charge in [0.15, 0.2) is 0 Å². The number of thiophene rings is 1. The number of aryl methyl sites for hydroxylation is 1. The Bertz CT molecular complexity index is 1130. The Kier molecular flexibility index (Phi) is 4.36. The summed E-state index contributed by atoms with van der Waals surface area (Å²) in [5.74, 6) is -0.685. The van der Waals surface area contributed by atoms with Crippen molar-refractivity contribution in [1.82, 2.24) is 9.55 Å². The maximum absolute atomic E-state index is 14.9. The molecular formula is C21H18F3N3OS. The van der Waals surface area contributed by atoms with Gasteiger partial charge in [0.05, 0.1) is 42.4 Å². The molecule has 0 saturated heterocycles. The van der Waals surface area contributed by atoms with Crippen LogP contribution in [-0.2, 0) is 11.3 Å². The van der Waals surface area contributed by atoms with Crippen molar-refractivity contribution in [2.75, 3.05) is 6.61 Å². The van der Waals surface area contributed by atoms with Gasteiger partial charge in [-0.3, -0.25) is 9.56 Å². The molecule has 2 aromatic heterocycles. The standard InChI is InChI=1S/C21H18F3N3OS/c1-10-16-8-25-11(2)27(16)21-17(12-9-28-7-6-15(24)20(12)29-21)19(26-10)18-13(22)4-3-5-14(18)23/h3-5,8,10,15H,6-7,9H2,1-2H3/t10-,15-/m0/s1. The second-order valence-corrected chi connectivity index (χ2v) is 8.28. The lowest BCUT2D eigenvalue weighted by atomic mass is 9.97. The van der Waals surface area contributed by atoms with Crippen molar-refractivity contribution in [3.05, 3.63) is 69.1 Å². The van der Waals surface area contributed by atoms with Gasteiger partial charge < -0.3 is 4.74 Å². The molecule has 2 atom stereocenters. The molecule has 3 aromatic rings. The van der Waals surface area contributed by atoms with Gasteiger partial charge >= 0.3 is 0 Å². The lowest BCUT2D eigenvalue weighted by Crippen LogP contribution is -2.13. The van der Waals surface area contributed by atoms with Crippen LogP contribution < -0.4 is 0 Å². The summed E-state index contributed by atoms with van der Waals surface area (Å²) in [7, 11) is 0. The van der Waals surface area contributed by atoms with E-state index in [9.17, 15) is 13.2 Å². The highest BCUT2D eigenvalue weighted by atomic mass is 32.1.